The van der Waals surface area contributed by atoms with E-state index in [2.05, 4.69) is 29.9 Å². The molecule has 0 atom stereocenters. The van der Waals surface area contributed by atoms with Gasteiger partial charge in [0, 0.05) is 28.3 Å². The third-order valence-electron chi connectivity index (χ3n) is 4.69. The number of aryl methyl sites for hydroxylation is 1. The molecule has 0 unspecified atom stereocenters. The molecule has 0 saturated carbocycles. The fourth-order valence-corrected chi connectivity index (χ4v) is 3.27. The Morgan fingerprint density at radius 2 is 1.90 bits per heavy atom. The molecule has 0 aliphatic rings. The van der Waals surface area contributed by atoms with E-state index in [0.29, 0.717) is 27.6 Å². The summed E-state index contributed by atoms with van der Waals surface area (Å²) >= 11 is 4.23. The summed E-state index contributed by atoms with van der Waals surface area (Å²) in [5.74, 6) is -0.00520. The Hall–Kier alpha value is -3.65. The summed E-state index contributed by atoms with van der Waals surface area (Å²) in [6.45, 7) is 2.09. The van der Waals surface area contributed by atoms with Crippen molar-refractivity contribution >= 4 is 41.0 Å². The molecular weight excluding hydrogens is 402 g/mol. The van der Waals surface area contributed by atoms with Gasteiger partial charge >= 0.3 is 0 Å². The number of oxazole rings is 1. The van der Waals surface area contributed by atoms with Crippen LogP contribution in [0.1, 0.15) is 22.8 Å². The molecule has 0 aliphatic heterocycles. The number of aromatic nitrogens is 1. The van der Waals surface area contributed by atoms with E-state index >= 15 is 0 Å². The number of amides is 1. The summed E-state index contributed by atoms with van der Waals surface area (Å²) in [4.78, 5) is 27.9. The average Bonchev–Trinajstić information content (AvgIpc) is 3.17. The topological polar surface area (TPSA) is 98.3 Å². The van der Waals surface area contributed by atoms with Crippen molar-refractivity contribution in [1.82, 2.24) is 4.98 Å². The Morgan fingerprint density at radius 3 is 2.60 bits per heavy atom. The molecule has 30 heavy (non-hydrogen) atoms. The van der Waals surface area contributed by atoms with Crippen LogP contribution in [0.2, 0.25) is 0 Å². The number of nitro groups is 1. The number of nitro benzene ring substituents is 1. The van der Waals surface area contributed by atoms with Crippen molar-refractivity contribution in [1.29, 1.82) is 0 Å². The van der Waals surface area contributed by atoms with E-state index in [1.807, 2.05) is 24.3 Å². The van der Waals surface area contributed by atoms with Gasteiger partial charge in [-0.15, -0.1) is 12.6 Å². The monoisotopic (exact) mass is 419 g/mol. The SMILES string of the molecule is CCc1ccc(-c2nc3cc(NC(=O)c4cc([N+](=O)[O-])ccc4S)ccc3o2)cc1. The molecule has 1 aromatic heterocycles. The van der Waals surface area contributed by atoms with E-state index in [-0.39, 0.29) is 11.3 Å². The van der Waals surface area contributed by atoms with E-state index in [9.17, 15) is 14.9 Å². The number of carbonyl (C=O) groups is 1. The van der Waals surface area contributed by atoms with Crippen LogP contribution >= 0.6 is 12.6 Å². The zero-order chi connectivity index (χ0) is 21.3. The molecule has 0 fully saturated rings. The summed E-state index contributed by atoms with van der Waals surface area (Å²) in [6.07, 6.45) is 0.954. The zero-order valence-corrected chi connectivity index (χ0v) is 16.8. The fourth-order valence-electron chi connectivity index (χ4n) is 3.03. The van der Waals surface area contributed by atoms with Gasteiger partial charge < -0.3 is 9.73 Å². The minimum atomic E-state index is -0.556. The lowest BCUT2D eigenvalue weighted by Crippen LogP contribution is -2.13. The van der Waals surface area contributed by atoms with Gasteiger partial charge in [0.15, 0.2) is 5.58 Å². The molecule has 1 amide bonds. The van der Waals surface area contributed by atoms with Gasteiger partial charge in [-0.3, -0.25) is 14.9 Å². The molecule has 150 valence electrons. The van der Waals surface area contributed by atoms with Gasteiger partial charge in [-0.05, 0) is 48.4 Å². The molecule has 4 aromatic rings. The molecule has 4 rings (SSSR count). The van der Waals surface area contributed by atoms with Gasteiger partial charge in [0.2, 0.25) is 5.89 Å². The number of hydrogen-bond acceptors (Lipinski definition) is 6. The molecule has 3 aromatic carbocycles. The van der Waals surface area contributed by atoms with E-state index in [1.54, 1.807) is 18.2 Å². The van der Waals surface area contributed by atoms with Crippen LogP contribution in [0.3, 0.4) is 0 Å². The highest BCUT2D eigenvalue weighted by molar-refractivity contribution is 7.80. The van der Waals surface area contributed by atoms with Crippen molar-refractivity contribution in [2.24, 2.45) is 0 Å². The number of nitrogens with zero attached hydrogens (tertiary/aromatic N) is 2. The van der Waals surface area contributed by atoms with Crippen LogP contribution in [0.5, 0.6) is 0 Å². The maximum absolute atomic E-state index is 12.6. The first-order chi connectivity index (χ1) is 14.4. The first-order valence-electron chi connectivity index (χ1n) is 9.23. The van der Waals surface area contributed by atoms with E-state index in [0.717, 1.165) is 12.0 Å². The second kappa shape index (κ2) is 8.00. The highest BCUT2D eigenvalue weighted by atomic mass is 32.1. The van der Waals surface area contributed by atoms with Crippen LogP contribution in [-0.2, 0) is 6.42 Å². The Bertz CT molecular complexity index is 1270. The van der Waals surface area contributed by atoms with Crippen LogP contribution in [0.4, 0.5) is 11.4 Å². The standard InChI is InChI=1S/C22H17N3O4S/c1-2-13-3-5-14(6-4-13)22-24-18-11-15(7-9-19(18)29-22)23-21(26)17-12-16(25(27)28)8-10-20(17)30/h3-12,30H,2H2,1H3,(H,23,26). The molecular formula is C22H17N3O4S. The quantitative estimate of drug-likeness (QED) is 0.253. The van der Waals surface area contributed by atoms with Crippen molar-refractivity contribution in [3.63, 3.8) is 0 Å². The van der Waals surface area contributed by atoms with Gasteiger partial charge in [0.1, 0.15) is 5.52 Å². The molecule has 0 saturated heterocycles. The number of non-ortho nitro benzene ring substituents is 1. The molecule has 0 aliphatic carbocycles. The third-order valence-corrected chi connectivity index (χ3v) is 5.08. The highest BCUT2D eigenvalue weighted by Crippen LogP contribution is 2.27. The van der Waals surface area contributed by atoms with E-state index in [1.165, 1.54) is 23.8 Å². The largest absolute Gasteiger partial charge is 0.436 e. The number of nitrogens with one attached hydrogen (secondary N) is 1. The Labute approximate surface area is 177 Å². The molecule has 1 heterocycles. The van der Waals surface area contributed by atoms with Gasteiger partial charge in [0.05, 0.1) is 10.5 Å². The zero-order valence-electron chi connectivity index (χ0n) is 16.0. The van der Waals surface area contributed by atoms with Crippen LogP contribution in [0.15, 0.2) is 70.0 Å². The summed E-state index contributed by atoms with van der Waals surface area (Å²) in [5.41, 5.74) is 3.70. The van der Waals surface area contributed by atoms with Gasteiger partial charge in [-0.25, -0.2) is 4.98 Å². The Kier molecular flexibility index (Phi) is 5.24. The second-order valence-corrected chi connectivity index (χ2v) is 7.15. The first kappa shape index (κ1) is 19.7. The lowest BCUT2D eigenvalue weighted by Gasteiger charge is -2.07. The number of carbonyl (C=O) groups excluding carboxylic acids is 1. The minimum Gasteiger partial charge on any atom is -0.436 e. The lowest BCUT2D eigenvalue weighted by atomic mass is 10.1. The van der Waals surface area contributed by atoms with Gasteiger partial charge in [0.25, 0.3) is 11.6 Å². The predicted molar refractivity (Wildman–Crippen MR) is 117 cm³/mol. The number of benzene rings is 3. The van der Waals surface area contributed by atoms with Crippen molar-refractivity contribution in [2.45, 2.75) is 18.2 Å². The normalized spacial score (nSPS) is 10.9. The predicted octanol–water partition coefficient (Wildman–Crippen LogP) is 5.51. The maximum atomic E-state index is 12.6. The van der Waals surface area contributed by atoms with Crippen molar-refractivity contribution in [3.05, 3.63) is 81.9 Å². The Morgan fingerprint density at radius 1 is 1.13 bits per heavy atom. The highest BCUT2D eigenvalue weighted by Gasteiger charge is 2.16. The summed E-state index contributed by atoms with van der Waals surface area (Å²) in [5, 5.41) is 13.7. The first-order valence-corrected chi connectivity index (χ1v) is 9.68. The van der Waals surface area contributed by atoms with Crippen LogP contribution in [0.25, 0.3) is 22.6 Å². The maximum Gasteiger partial charge on any atom is 0.270 e. The summed E-state index contributed by atoms with van der Waals surface area (Å²) < 4.78 is 5.82. The van der Waals surface area contributed by atoms with Crippen molar-refractivity contribution in [3.8, 4) is 11.5 Å². The number of fused-ring (bicyclic) bond motifs is 1. The number of hydrogen-bond donors (Lipinski definition) is 2. The van der Waals surface area contributed by atoms with E-state index < -0.39 is 10.8 Å². The molecule has 1 N–H and O–H groups in total. The number of thiol groups is 1. The smallest absolute Gasteiger partial charge is 0.270 e. The van der Waals surface area contributed by atoms with Gasteiger partial charge in [-0.1, -0.05) is 19.1 Å². The van der Waals surface area contributed by atoms with E-state index in [4.69, 9.17) is 4.42 Å². The van der Waals surface area contributed by atoms with Crippen molar-refractivity contribution < 1.29 is 14.1 Å². The number of anilines is 1. The molecule has 0 radical (unpaired) electrons. The lowest BCUT2D eigenvalue weighted by molar-refractivity contribution is -0.384. The summed E-state index contributed by atoms with van der Waals surface area (Å²) in [7, 11) is 0. The van der Waals surface area contributed by atoms with Crippen molar-refractivity contribution in [2.75, 3.05) is 5.32 Å². The Balaban J connectivity index is 1.60. The van der Waals surface area contributed by atoms with Crippen LogP contribution in [0, 0.1) is 10.1 Å². The second-order valence-electron chi connectivity index (χ2n) is 6.66. The third kappa shape index (κ3) is 3.90. The van der Waals surface area contributed by atoms with Crippen LogP contribution in [-0.4, -0.2) is 15.8 Å². The molecule has 0 spiro atoms. The van der Waals surface area contributed by atoms with Crippen LogP contribution < -0.4 is 5.32 Å². The fraction of sp³-hybridized carbons (Fsp3) is 0.0909. The minimum absolute atomic E-state index is 0.115. The summed E-state index contributed by atoms with van der Waals surface area (Å²) in [6, 6.07) is 17.0. The molecule has 7 nitrogen and oxygen atoms in total. The number of rotatable bonds is 5. The molecule has 0 bridgehead atoms. The van der Waals surface area contributed by atoms with Gasteiger partial charge in [-0.2, -0.15) is 0 Å². The molecule has 8 heteroatoms. The average molecular weight is 419 g/mol.